The van der Waals surface area contributed by atoms with Crippen LogP contribution in [0.15, 0.2) is 0 Å². The van der Waals surface area contributed by atoms with Crippen LogP contribution in [0.5, 0.6) is 0 Å². The highest BCUT2D eigenvalue weighted by Crippen LogP contribution is 2.39. The van der Waals surface area contributed by atoms with E-state index in [1.807, 2.05) is 4.90 Å². The highest BCUT2D eigenvalue weighted by atomic mass is 35.5. The average molecular weight is 330 g/mol. The summed E-state index contributed by atoms with van der Waals surface area (Å²) in [6.45, 7) is 2.00. The second-order valence-electron chi connectivity index (χ2n) is 7.04. The Kier molecular flexibility index (Phi) is 5.72. The van der Waals surface area contributed by atoms with Gasteiger partial charge in [-0.3, -0.25) is 9.59 Å². The Balaban J connectivity index is 0.00000176. The van der Waals surface area contributed by atoms with Crippen LogP contribution in [0.4, 0.5) is 0 Å². The molecule has 0 radical (unpaired) electrons. The standard InChI is InChI=1S/C16H27N3O2.ClH/c17-11-16(7-1-2-8-16)15(21)19-9-5-13(6-10-19)18-14(20)12-3-4-12;/h12-13H,1-11,17H2,(H,18,20);1H. The molecule has 3 fully saturated rings. The molecule has 3 rings (SSSR count). The minimum atomic E-state index is -0.288. The van der Waals surface area contributed by atoms with Crippen LogP contribution in [0, 0.1) is 11.3 Å². The summed E-state index contributed by atoms with van der Waals surface area (Å²) in [6, 6.07) is 0.250. The first-order valence-corrected chi connectivity index (χ1v) is 8.44. The number of hydrogen-bond acceptors (Lipinski definition) is 3. The molecule has 0 atom stereocenters. The van der Waals surface area contributed by atoms with Gasteiger partial charge in [-0.25, -0.2) is 0 Å². The molecule has 2 amide bonds. The van der Waals surface area contributed by atoms with Crippen molar-refractivity contribution in [3.8, 4) is 0 Å². The first kappa shape index (κ1) is 17.5. The summed E-state index contributed by atoms with van der Waals surface area (Å²) < 4.78 is 0. The van der Waals surface area contributed by atoms with E-state index in [0.717, 1.165) is 64.5 Å². The number of piperidine rings is 1. The summed E-state index contributed by atoms with van der Waals surface area (Å²) in [5.41, 5.74) is 5.62. The van der Waals surface area contributed by atoms with Crippen molar-refractivity contribution in [1.82, 2.24) is 10.2 Å². The minimum absolute atomic E-state index is 0. The van der Waals surface area contributed by atoms with Gasteiger partial charge in [0.25, 0.3) is 0 Å². The molecule has 126 valence electrons. The van der Waals surface area contributed by atoms with Gasteiger partial charge in [-0.2, -0.15) is 0 Å². The van der Waals surface area contributed by atoms with E-state index in [9.17, 15) is 9.59 Å². The van der Waals surface area contributed by atoms with Gasteiger partial charge < -0.3 is 16.0 Å². The summed E-state index contributed by atoms with van der Waals surface area (Å²) in [6.07, 6.45) is 7.98. The number of nitrogens with two attached hydrogens (primary N) is 1. The van der Waals surface area contributed by atoms with Gasteiger partial charge in [0.15, 0.2) is 0 Å². The molecule has 1 aliphatic heterocycles. The maximum Gasteiger partial charge on any atom is 0.230 e. The van der Waals surface area contributed by atoms with Crippen molar-refractivity contribution in [3.05, 3.63) is 0 Å². The summed E-state index contributed by atoms with van der Waals surface area (Å²) in [7, 11) is 0. The Hall–Kier alpha value is -0.810. The molecule has 1 saturated heterocycles. The lowest BCUT2D eigenvalue weighted by atomic mass is 9.84. The van der Waals surface area contributed by atoms with Crippen LogP contribution in [-0.2, 0) is 9.59 Å². The summed E-state index contributed by atoms with van der Waals surface area (Å²) in [4.78, 5) is 26.5. The number of carbonyl (C=O) groups excluding carboxylic acids is 2. The molecule has 2 aliphatic carbocycles. The van der Waals surface area contributed by atoms with Gasteiger partial charge in [0.2, 0.25) is 11.8 Å². The zero-order chi connectivity index (χ0) is 14.9. The Morgan fingerprint density at radius 1 is 1.09 bits per heavy atom. The summed E-state index contributed by atoms with van der Waals surface area (Å²) >= 11 is 0. The number of rotatable bonds is 4. The highest BCUT2D eigenvalue weighted by molar-refractivity contribution is 5.85. The van der Waals surface area contributed by atoms with Crippen molar-refractivity contribution in [3.63, 3.8) is 0 Å². The Bertz CT molecular complexity index is 412. The monoisotopic (exact) mass is 329 g/mol. The van der Waals surface area contributed by atoms with Crippen molar-refractivity contribution < 1.29 is 9.59 Å². The van der Waals surface area contributed by atoms with Gasteiger partial charge in [0.1, 0.15) is 0 Å². The highest BCUT2D eigenvalue weighted by Gasteiger charge is 2.43. The van der Waals surface area contributed by atoms with E-state index in [-0.39, 0.29) is 41.6 Å². The zero-order valence-corrected chi connectivity index (χ0v) is 14.0. The summed E-state index contributed by atoms with van der Waals surface area (Å²) in [5.74, 6) is 0.743. The fourth-order valence-corrected chi connectivity index (χ4v) is 3.78. The first-order chi connectivity index (χ1) is 10.1. The van der Waals surface area contributed by atoms with E-state index in [4.69, 9.17) is 5.73 Å². The van der Waals surface area contributed by atoms with Crippen LogP contribution in [0.2, 0.25) is 0 Å². The molecule has 6 heteroatoms. The molecule has 0 spiro atoms. The van der Waals surface area contributed by atoms with E-state index >= 15 is 0 Å². The lowest BCUT2D eigenvalue weighted by molar-refractivity contribution is -0.142. The van der Waals surface area contributed by atoms with E-state index in [0.29, 0.717) is 6.54 Å². The molecular formula is C16H28ClN3O2. The van der Waals surface area contributed by atoms with Gasteiger partial charge in [-0.15, -0.1) is 12.4 Å². The smallest absolute Gasteiger partial charge is 0.230 e. The molecule has 22 heavy (non-hydrogen) atoms. The molecule has 1 heterocycles. The van der Waals surface area contributed by atoms with E-state index < -0.39 is 0 Å². The predicted octanol–water partition coefficient (Wildman–Crippen LogP) is 1.44. The number of carbonyl (C=O) groups is 2. The van der Waals surface area contributed by atoms with Crippen LogP contribution in [-0.4, -0.2) is 42.4 Å². The van der Waals surface area contributed by atoms with Crippen LogP contribution in [0.25, 0.3) is 0 Å². The zero-order valence-electron chi connectivity index (χ0n) is 13.2. The van der Waals surface area contributed by atoms with Crippen molar-refractivity contribution in [1.29, 1.82) is 0 Å². The molecule has 0 aromatic heterocycles. The lowest BCUT2D eigenvalue weighted by Crippen LogP contribution is -2.52. The molecule has 0 bridgehead atoms. The van der Waals surface area contributed by atoms with Crippen LogP contribution in [0.3, 0.4) is 0 Å². The van der Waals surface area contributed by atoms with Crippen molar-refractivity contribution in [2.24, 2.45) is 17.1 Å². The first-order valence-electron chi connectivity index (χ1n) is 8.44. The molecule has 2 saturated carbocycles. The number of hydrogen-bond donors (Lipinski definition) is 2. The Morgan fingerprint density at radius 3 is 2.18 bits per heavy atom. The molecule has 3 N–H and O–H groups in total. The predicted molar refractivity (Wildman–Crippen MR) is 87.7 cm³/mol. The fraction of sp³-hybridized carbons (Fsp3) is 0.875. The quantitative estimate of drug-likeness (QED) is 0.819. The molecule has 5 nitrogen and oxygen atoms in total. The van der Waals surface area contributed by atoms with Crippen molar-refractivity contribution in [2.45, 2.75) is 57.4 Å². The molecular weight excluding hydrogens is 302 g/mol. The third kappa shape index (κ3) is 3.57. The number of likely N-dealkylation sites (tertiary alicyclic amines) is 1. The SMILES string of the molecule is Cl.NCC1(C(=O)N2CCC(NC(=O)C3CC3)CC2)CCCC1. The molecule has 0 aromatic carbocycles. The van der Waals surface area contributed by atoms with Crippen LogP contribution < -0.4 is 11.1 Å². The summed E-state index contributed by atoms with van der Waals surface area (Å²) in [5, 5.41) is 3.13. The van der Waals surface area contributed by atoms with Gasteiger partial charge in [0, 0.05) is 31.6 Å². The van der Waals surface area contributed by atoms with E-state index in [1.54, 1.807) is 0 Å². The van der Waals surface area contributed by atoms with Crippen molar-refractivity contribution >= 4 is 24.2 Å². The largest absolute Gasteiger partial charge is 0.353 e. The number of amides is 2. The van der Waals surface area contributed by atoms with Crippen molar-refractivity contribution in [2.75, 3.05) is 19.6 Å². The van der Waals surface area contributed by atoms with E-state index in [2.05, 4.69) is 5.32 Å². The molecule has 3 aliphatic rings. The number of nitrogens with one attached hydrogen (secondary N) is 1. The lowest BCUT2D eigenvalue weighted by Gasteiger charge is -2.38. The van der Waals surface area contributed by atoms with Gasteiger partial charge in [-0.05, 0) is 38.5 Å². The van der Waals surface area contributed by atoms with E-state index in [1.165, 1.54) is 0 Å². The van der Waals surface area contributed by atoms with Gasteiger partial charge in [0.05, 0.1) is 5.41 Å². The second-order valence-corrected chi connectivity index (χ2v) is 7.04. The maximum atomic E-state index is 12.8. The Labute approximate surface area is 138 Å². The Morgan fingerprint density at radius 2 is 1.68 bits per heavy atom. The molecule has 0 unspecified atom stereocenters. The third-order valence-corrected chi connectivity index (χ3v) is 5.48. The topological polar surface area (TPSA) is 75.4 Å². The maximum absolute atomic E-state index is 12.8. The average Bonchev–Trinajstić information content (AvgIpc) is 3.25. The van der Waals surface area contributed by atoms with Gasteiger partial charge in [-0.1, -0.05) is 12.8 Å². The number of nitrogens with zero attached hydrogens (tertiary/aromatic N) is 1. The normalized spacial score (nSPS) is 24.7. The van der Waals surface area contributed by atoms with Gasteiger partial charge >= 0.3 is 0 Å². The minimum Gasteiger partial charge on any atom is -0.353 e. The fourth-order valence-electron chi connectivity index (χ4n) is 3.78. The van der Waals surface area contributed by atoms with Crippen LogP contribution in [0.1, 0.15) is 51.4 Å². The van der Waals surface area contributed by atoms with Crippen LogP contribution >= 0.6 is 12.4 Å². The second kappa shape index (κ2) is 7.18. The third-order valence-electron chi connectivity index (χ3n) is 5.48. The number of halogens is 1. The molecule has 0 aromatic rings.